The SMILES string of the molecule is CCC(CC)(CBr)NC(=O)c1cccc(S(C)(=O)=O)c1. The van der Waals surface area contributed by atoms with Crippen LogP contribution in [0, 0.1) is 0 Å². The molecule has 1 rings (SSSR count). The molecule has 0 aliphatic rings. The Morgan fingerprint density at radius 1 is 1.30 bits per heavy atom. The molecule has 0 radical (unpaired) electrons. The molecule has 112 valence electrons. The topological polar surface area (TPSA) is 63.2 Å². The standard InChI is InChI=1S/C14H20BrNO3S/c1-4-14(5-2,10-15)16-13(17)11-7-6-8-12(9-11)20(3,18)19/h6-9H,4-5,10H2,1-3H3,(H,16,17). The molecule has 1 amide bonds. The lowest BCUT2D eigenvalue weighted by Gasteiger charge is -2.31. The number of hydrogen-bond donors (Lipinski definition) is 1. The van der Waals surface area contributed by atoms with Crippen LogP contribution in [0.25, 0.3) is 0 Å². The highest BCUT2D eigenvalue weighted by Crippen LogP contribution is 2.19. The van der Waals surface area contributed by atoms with Crippen molar-refractivity contribution in [3.8, 4) is 0 Å². The number of nitrogens with one attached hydrogen (secondary N) is 1. The van der Waals surface area contributed by atoms with E-state index in [0.29, 0.717) is 10.9 Å². The van der Waals surface area contributed by atoms with Gasteiger partial charge < -0.3 is 5.32 Å². The van der Waals surface area contributed by atoms with Crippen LogP contribution in [0.4, 0.5) is 0 Å². The minimum absolute atomic E-state index is 0.155. The third-order valence-corrected chi connectivity index (χ3v) is 5.70. The number of sulfone groups is 1. The Labute approximate surface area is 129 Å². The van der Waals surface area contributed by atoms with Gasteiger partial charge in [0, 0.05) is 22.7 Å². The molecule has 0 saturated carbocycles. The maximum Gasteiger partial charge on any atom is 0.251 e. The van der Waals surface area contributed by atoms with Gasteiger partial charge in [0.15, 0.2) is 9.84 Å². The van der Waals surface area contributed by atoms with Crippen LogP contribution in [-0.2, 0) is 9.84 Å². The summed E-state index contributed by atoms with van der Waals surface area (Å²) in [6, 6.07) is 6.10. The minimum Gasteiger partial charge on any atom is -0.346 e. The second-order valence-electron chi connectivity index (χ2n) is 4.88. The van der Waals surface area contributed by atoms with Crippen molar-refractivity contribution in [2.45, 2.75) is 37.1 Å². The summed E-state index contributed by atoms with van der Waals surface area (Å²) >= 11 is 3.43. The third-order valence-electron chi connectivity index (χ3n) is 3.51. The fourth-order valence-corrected chi connectivity index (χ4v) is 3.43. The molecule has 0 aliphatic carbocycles. The lowest BCUT2D eigenvalue weighted by atomic mass is 9.95. The molecule has 0 aromatic heterocycles. The number of carbonyl (C=O) groups is 1. The van der Waals surface area contributed by atoms with Crippen molar-refractivity contribution in [3.63, 3.8) is 0 Å². The highest BCUT2D eigenvalue weighted by molar-refractivity contribution is 9.09. The molecule has 0 aliphatic heterocycles. The predicted molar refractivity (Wildman–Crippen MR) is 84.1 cm³/mol. The monoisotopic (exact) mass is 361 g/mol. The van der Waals surface area contributed by atoms with Crippen LogP contribution >= 0.6 is 15.9 Å². The third kappa shape index (κ3) is 4.06. The van der Waals surface area contributed by atoms with Gasteiger partial charge in [-0.15, -0.1) is 0 Å². The largest absolute Gasteiger partial charge is 0.346 e. The van der Waals surface area contributed by atoms with Gasteiger partial charge in [-0.2, -0.15) is 0 Å². The average Bonchev–Trinajstić information content (AvgIpc) is 2.44. The Morgan fingerprint density at radius 2 is 1.90 bits per heavy atom. The van der Waals surface area contributed by atoms with Crippen molar-refractivity contribution in [3.05, 3.63) is 29.8 Å². The van der Waals surface area contributed by atoms with Crippen molar-refractivity contribution >= 4 is 31.7 Å². The van der Waals surface area contributed by atoms with Crippen LogP contribution in [-0.4, -0.2) is 31.4 Å². The second-order valence-corrected chi connectivity index (χ2v) is 7.45. The van der Waals surface area contributed by atoms with Crippen LogP contribution < -0.4 is 5.32 Å². The Kier molecular flexibility index (Phi) is 5.77. The zero-order chi connectivity index (χ0) is 15.4. The summed E-state index contributed by atoms with van der Waals surface area (Å²) < 4.78 is 23.0. The minimum atomic E-state index is -3.31. The number of halogens is 1. The summed E-state index contributed by atoms with van der Waals surface area (Å²) in [5.74, 6) is -0.251. The van der Waals surface area contributed by atoms with Crippen LogP contribution in [0.3, 0.4) is 0 Å². The molecular weight excluding hydrogens is 342 g/mol. The molecule has 0 unspecified atom stereocenters. The Hall–Kier alpha value is -0.880. The molecule has 0 spiro atoms. The molecule has 0 bridgehead atoms. The van der Waals surface area contributed by atoms with Crippen molar-refractivity contribution in [2.24, 2.45) is 0 Å². The van der Waals surface area contributed by atoms with Gasteiger partial charge in [-0.25, -0.2) is 8.42 Å². The Morgan fingerprint density at radius 3 is 2.35 bits per heavy atom. The molecular formula is C14H20BrNO3S. The maximum absolute atomic E-state index is 12.3. The summed E-state index contributed by atoms with van der Waals surface area (Å²) in [7, 11) is -3.31. The zero-order valence-electron chi connectivity index (χ0n) is 11.9. The summed E-state index contributed by atoms with van der Waals surface area (Å²) in [6.07, 6.45) is 2.73. The van der Waals surface area contributed by atoms with Crippen LogP contribution in [0.15, 0.2) is 29.2 Å². The first-order valence-corrected chi connectivity index (χ1v) is 9.48. The van der Waals surface area contributed by atoms with Gasteiger partial charge in [-0.05, 0) is 31.0 Å². The summed E-state index contributed by atoms with van der Waals surface area (Å²) in [6.45, 7) is 4.02. The molecule has 0 saturated heterocycles. The van der Waals surface area contributed by atoms with Crippen LogP contribution in [0.5, 0.6) is 0 Å². The van der Waals surface area contributed by atoms with E-state index in [0.717, 1.165) is 19.1 Å². The fraction of sp³-hybridized carbons (Fsp3) is 0.500. The Balaban J connectivity index is 3.05. The van der Waals surface area contributed by atoms with Gasteiger partial charge in [-0.1, -0.05) is 35.8 Å². The normalized spacial score (nSPS) is 12.2. The van der Waals surface area contributed by atoms with E-state index in [-0.39, 0.29) is 16.3 Å². The molecule has 1 aromatic rings. The lowest BCUT2D eigenvalue weighted by Crippen LogP contribution is -2.49. The first kappa shape index (κ1) is 17.2. The highest BCUT2D eigenvalue weighted by atomic mass is 79.9. The smallest absolute Gasteiger partial charge is 0.251 e. The number of alkyl halides is 1. The zero-order valence-corrected chi connectivity index (χ0v) is 14.3. The molecule has 0 fully saturated rings. The van der Waals surface area contributed by atoms with Gasteiger partial charge >= 0.3 is 0 Å². The van der Waals surface area contributed by atoms with Crippen molar-refractivity contribution in [1.82, 2.24) is 5.32 Å². The van der Waals surface area contributed by atoms with E-state index in [4.69, 9.17) is 0 Å². The molecule has 0 heterocycles. The number of hydrogen-bond acceptors (Lipinski definition) is 3. The van der Waals surface area contributed by atoms with E-state index in [9.17, 15) is 13.2 Å². The van der Waals surface area contributed by atoms with Crippen molar-refractivity contribution in [1.29, 1.82) is 0 Å². The number of carbonyl (C=O) groups excluding carboxylic acids is 1. The maximum atomic E-state index is 12.3. The summed E-state index contributed by atoms with van der Waals surface area (Å²) in [5, 5.41) is 3.65. The average molecular weight is 362 g/mol. The number of amides is 1. The van der Waals surface area contributed by atoms with Gasteiger partial charge in [0.05, 0.1) is 4.90 Å². The van der Waals surface area contributed by atoms with E-state index >= 15 is 0 Å². The molecule has 1 N–H and O–H groups in total. The van der Waals surface area contributed by atoms with E-state index in [1.165, 1.54) is 12.1 Å². The Bertz CT molecular complexity index is 572. The molecule has 20 heavy (non-hydrogen) atoms. The lowest BCUT2D eigenvalue weighted by molar-refractivity contribution is 0.0903. The fourth-order valence-electron chi connectivity index (χ4n) is 1.83. The van der Waals surface area contributed by atoms with Gasteiger partial charge in [0.2, 0.25) is 0 Å². The molecule has 1 aromatic carbocycles. The van der Waals surface area contributed by atoms with E-state index < -0.39 is 9.84 Å². The predicted octanol–water partition coefficient (Wildman–Crippen LogP) is 2.77. The first-order chi connectivity index (χ1) is 9.28. The van der Waals surface area contributed by atoms with Gasteiger partial charge in [-0.3, -0.25) is 4.79 Å². The molecule has 4 nitrogen and oxygen atoms in total. The highest BCUT2D eigenvalue weighted by Gasteiger charge is 2.27. The van der Waals surface area contributed by atoms with E-state index in [1.54, 1.807) is 12.1 Å². The van der Waals surface area contributed by atoms with Gasteiger partial charge in [0.25, 0.3) is 5.91 Å². The quantitative estimate of drug-likeness (QED) is 0.792. The van der Waals surface area contributed by atoms with E-state index in [2.05, 4.69) is 21.2 Å². The van der Waals surface area contributed by atoms with Crippen molar-refractivity contribution < 1.29 is 13.2 Å². The van der Waals surface area contributed by atoms with E-state index in [1.807, 2.05) is 13.8 Å². The summed E-state index contributed by atoms with van der Waals surface area (Å²) in [4.78, 5) is 12.4. The van der Waals surface area contributed by atoms with Gasteiger partial charge in [0.1, 0.15) is 0 Å². The second kappa shape index (κ2) is 6.72. The van der Waals surface area contributed by atoms with Crippen molar-refractivity contribution in [2.75, 3.05) is 11.6 Å². The first-order valence-electron chi connectivity index (χ1n) is 6.46. The number of benzene rings is 1. The number of rotatable bonds is 6. The summed E-state index contributed by atoms with van der Waals surface area (Å²) in [5.41, 5.74) is 0.0539. The van der Waals surface area contributed by atoms with Crippen LogP contribution in [0.1, 0.15) is 37.0 Å². The molecule has 6 heteroatoms. The van der Waals surface area contributed by atoms with Crippen LogP contribution in [0.2, 0.25) is 0 Å². The molecule has 0 atom stereocenters.